The van der Waals surface area contributed by atoms with Gasteiger partial charge >= 0.3 is 0 Å². The summed E-state index contributed by atoms with van der Waals surface area (Å²) in [4.78, 5) is 32.4. The van der Waals surface area contributed by atoms with Crippen molar-refractivity contribution in [1.82, 2.24) is 20.0 Å². The van der Waals surface area contributed by atoms with E-state index < -0.39 is 0 Å². The first kappa shape index (κ1) is 19.4. The summed E-state index contributed by atoms with van der Waals surface area (Å²) in [5.41, 5.74) is 3.43. The molecule has 0 bridgehead atoms. The van der Waals surface area contributed by atoms with E-state index in [2.05, 4.69) is 28.2 Å². The number of benzene rings is 1. The number of hydrogen-bond donors (Lipinski definition) is 1. The van der Waals surface area contributed by atoms with Crippen LogP contribution in [-0.2, 0) is 17.6 Å². The van der Waals surface area contributed by atoms with Crippen molar-refractivity contribution in [3.63, 3.8) is 0 Å². The fourth-order valence-electron chi connectivity index (χ4n) is 5.01. The molecule has 6 nitrogen and oxygen atoms in total. The Hall–Kier alpha value is -1.92. The lowest BCUT2D eigenvalue weighted by Gasteiger charge is -2.40. The van der Waals surface area contributed by atoms with Crippen LogP contribution < -0.4 is 5.32 Å². The Kier molecular flexibility index (Phi) is 5.69. The zero-order chi connectivity index (χ0) is 19.7. The van der Waals surface area contributed by atoms with Gasteiger partial charge in [-0.1, -0.05) is 12.1 Å². The van der Waals surface area contributed by atoms with Gasteiger partial charge in [-0.15, -0.1) is 0 Å². The first-order valence-electron chi connectivity index (χ1n) is 10.6. The van der Waals surface area contributed by atoms with Crippen LogP contribution in [0.3, 0.4) is 0 Å². The van der Waals surface area contributed by atoms with Crippen LogP contribution in [0.25, 0.3) is 0 Å². The Morgan fingerprint density at radius 2 is 1.96 bits per heavy atom. The molecular formula is C22H32N4O2. The van der Waals surface area contributed by atoms with Gasteiger partial charge in [-0.2, -0.15) is 0 Å². The molecule has 4 rings (SSSR count). The average Bonchev–Trinajstić information content (AvgIpc) is 3.34. The summed E-state index contributed by atoms with van der Waals surface area (Å²) in [6, 6.07) is 6.13. The van der Waals surface area contributed by atoms with Crippen LogP contribution in [0, 0.1) is 0 Å². The molecule has 0 aromatic heterocycles. The number of likely N-dealkylation sites (tertiary alicyclic amines) is 1. The molecule has 3 aliphatic rings. The molecule has 6 heteroatoms. The zero-order valence-corrected chi connectivity index (χ0v) is 17.1. The molecule has 1 aliphatic carbocycles. The minimum atomic E-state index is -0.0251. The second-order valence-electron chi connectivity index (χ2n) is 8.60. The molecule has 2 amide bonds. The highest BCUT2D eigenvalue weighted by Gasteiger charge is 2.33. The summed E-state index contributed by atoms with van der Waals surface area (Å²) in [7, 11) is 4.10. The molecule has 2 saturated heterocycles. The third-order valence-electron chi connectivity index (χ3n) is 6.66. The van der Waals surface area contributed by atoms with Gasteiger partial charge < -0.3 is 15.1 Å². The second-order valence-corrected chi connectivity index (χ2v) is 8.60. The lowest BCUT2D eigenvalue weighted by atomic mass is 10.0. The third kappa shape index (κ3) is 3.80. The minimum Gasteiger partial charge on any atom is -0.353 e. The van der Waals surface area contributed by atoms with Gasteiger partial charge in [0.25, 0.3) is 5.91 Å². The van der Waals surface area contributed by atoms with E-state index in [0.717, 1.165) is 57.3 Å². The van der Waals surface area contributed by atoms with E-state index in [-0.39, 0.29) is 23.9 Å². The first-order chi connectivity index (χ1) is 13.5. The Labute approximate surface area is 167 Å². The number of nitrogens with zero attached hydrogens (tertiary/aromatic N) is 3. The van der Waals surface area contributed by atoms with Crippen molar-refractivity contribution < 1.29 is 9.59 Å². The number of likely N-dealkylation sites (N-methyl/N-ethyl adjacent to an activating group) is 2. The van der Waals surface area contributed by atoms with Crippen LogP contribution >= 0.6 is 0 Å². The van der Waals surface area contributed by atoms with Crippen molar-refractivity contribution in [2.45, 2.75) is 44.2 Å². The maximum Gasteiger partial charge on any atom is 0.254 e. The number of rotatable bonds is 4. The van der Waals surface area contributed by atoms with E-state index in [4.69, 9.17) is 0 Å². The number of fused-ring (bicyclic) bond motifs is 1. The van der Waals surface area contributed by atoms with Gasteiger partial charge in [0, 0.05) is 31.7 Å². The molecule has 0 saturated carbocycles. The molecule has 1 aromatic rings. The van der Waals surface area contributed by atoms with E-state index in [0.29, 0.717) is 13.1 Å². The van der Waals surface area contributed by atoms with E-state index in [9.17, 15) is 9.59 Å². The number of piperazine rings is 1. The Morgan fingerprint density at radius 1 is 1.11 bits per heavy atom. The van der Waals surface area contributed by atoms with E-state index >= 15 is 0 Å². The number of amides is 2. The van der Waals surface area contributed by atoms with Crippen LogP contribution in [0.2, 0.25) is 0 Å². The molecule has 2 fully saturated rings. The van der Waals surface area contributed by atoms with Crippen LogP contribution in [0.5, 0.6) is 0 Å². The zero-order valence-electron chi connectivity index (χ0n) is 17.1. The van der Waals surface area contributed by atoms with Crippen LogP contribution in [-0.4, -0.2) is 85.4 Å². The first-order valence-corrected chi connectivity index (χ1v) is 10.6. The predicted molar refractivity (Wildman–Crippen MR) is 109 cm³/mol. The van der Waals surface area contributed by atoms with Crippen molar-refractivity contribution in [3.8, 4) is 0 Å². The second kappa shape index (κ2) is 8.21. The van der Waals surface area contributed by atoms with E-state index in [1.807, 2.05) is 24.1 Å². The van der Waals surface area contributed by atoms with Crippen LogP contribution in [0.15, 0.2) is 18.2 Å². The standard InChI is InChI=1S/C22H32N4O2/c1-24-12-13-26(22(28)19-9-4-7-16-6-3-8-18(16)19)17(15-24)14-23-21(27)20-10-5-11-25(20)2/h4,7,9,17,20H,3,5-6,8,10-15H2,1-2H3,(H,23,27)/t17?,20-/m0/s1. The van der Waals surface area contributed by atoms with Crippen molar-refractivity contribution in [3.05, 3.63) is 34.9 Å². The van der Waals surface area contributed by atoms with Crippen molar-refractivity contribution in [2.24, 2.45) is 0 Å². The van der Waals surface area contributed by atoms with Crippen molar-refractivity contribution in [2.75, 3.05) is 46.8 Å². The molecule has 1 aromatic carbocycles. The van der Waals surface area contributed by atoms with Gasteiger partial charge in [0.15, 0.2) is 0 Å². The Balaban J connectivity index is 1.46. The summed E-state index contributed by atoms with van der Waals surface area (Å²) in [5.74, 6) is 0.227. The van der Waals surface area contributed by atoms with Crippen molar-refractivity contribution in [1.29, 1.82) is 0 Å². The lowest BCUT2D eigenvalue weighted by Crippen LogP contribution is -2.58. The van der Waals surface area contributed by atoms with E-state index in [1.54, 1.807) is 0 Å². The number of carbonyl (C=O) groups excluding carboxylic acids is 2. The highest BCUT2D eigenvalue weighted by Crippen LogP contribution is 2.27. The molecule has 152 valence electrons. The molecule has 1 N–H and O–H groups in total. The fraction of sp³-hybridized carbons (Fsp3) is 0.636. The van der Waals surface area contributed by atoms with Gasteiger partial charge in [-0.25, -0.2) is 0 Å². The minimum absolute atomic E-state index is 0.0131. The summed E-state index contributed by atoms with van der Waals surface area (Å²) < 4.78 is 0. The lowest BCUT2D eigenvalue weighted by molar-refractivity contribution is -0.125. The van der Waals surface area contributed by atoms with Crippen LogP contribution in [0.1, 0.15) is 40.7 Å². The molecule has 28 heavy (non-hydrogen) atoms. The molecule has 2 heterocycles. The normalized spacial score (nSPS) is 25.7. The summed E-state index contributed by atoms with van der Waals surface area (Å²) in [6.45, 7) is 3.88. The predicted octanol–water partition coefficient (Wildman–Crippen LogP) is 1.14. The SMILES string of the molecule is CN1CCN(C(=O)c2cccc3c2CCC3)C(CNC(=O)[C@@H]2CCCN2C)C1. The number of carbonyl (C=O) groups is 2. The Bertz CT molecular complexity index is 750. The average molecular weight is 385 g/mol. The highest BCUT2D eigenvalue weighted by atomic mass is 16.2. The van der Waals surface area contributed by atoms with Gasteiger partial charge in [0.05, 0.1) is 12.1 Å². The molecule has 0 spiro atoms. The van der Waals surface area contributed by atoms with Gasteiger partial charge in [-0.05, 0) is 69.9 Å². The molecule has 1 unspecified atom stereocenters. The quantitative estimate of drug-likeness (QED) is 0.846. The van der Waals surface area contributed by atoms with Gasteiger partial charge in [0.2, 0.25) is 5.91 Å². The summed E-state index contributed by atoms with van der Waals surface area (Å²) in [5, 5.41) is 3.13. The molecule has 2 atom stereocenters. The maximum atomic E-state index is 13.4. The molecule has 0 radical (unpaired) electrons. The summed E-state index contributed by atoms with van der Waals surface area (Å²) in [6.07, 6.45) is 5.21. The smallest absolute Gasteiger partial charge is 0.254 e. The topological polar surface area (TPSA) is 55.9 Å². The third-order valence-corrected chi connectivity index (χ3v) is 6.66. The highest BCUT2D eigenvalue weighted by molar-refractivity contribution is 5.96. The maximum absolute atomic E-state index is 13.4. The number of aryl methyl sites for hydroxylation is 1. The van der Waals surface area contributed by atoms with Crippen molar-refractivity contribution >= 4 is 11.8 Å². The fourth-order valence-corrected chi connectivity index (χ4v) is 5.01. The largest absolute Gasteiger partial charge is 0.353 e. The monoisotopic (exact) mass is 384 g/mol. The molecule has 2 aliphatic heterocycles. The van der Waals surface area contributed by atoms with E-state index in [1.165, 1.54) is 11.1 Å². The van der Waals surface area contributed by atoms with Gasteiger partial charge in [0.1, 0.15) is 0 Å². The number of nitrogens with one attached hydrogen (secondary N) is 1. The summed E-state index contributed by atoms with van der Waals surface area (Å²) >= 11 is 0. The number of hydrogen-bond acceptors (Lipinski definition) is 4. The molecular weight excluding hydrogens is 352 g/mol. The van der Waals surface area contributed by atoms with Gasteiger partial charge in [-0.3, -0.25) is 14.5 Å². The Morgan fingerprint density at radius 3 is 2.75 bits per heavy atom. The van der Waals surface area contributed by atoms with Crippen LogP contribution in [0.4, 0.5) is 0 Å².